The summed E-state index contributed by atoms with van der Waals surface area (Å²) in [6, 6.07) is 15.3. The van der Waals surface area contributed by atoms with Gasteiger partial charge in [0.2, 0.25) is 0 Å². The molecule has 4 nitrogen and oxygen atoms in total. The fraction of sp³-hybridized carbons (Fsp3) is 0. The van der Waals surface area contributed by atoms with E-state index < -0.39 is 0 Å². The zero-order valence-electron chi connectivity index (χ0n) is 11.3. The molecule has 0 atom stereocenters. The Hall–Kier alpha value is -3.01. The summed E-state index contributed by atoms with van der Waals surface area (Å²) in [6.07, 6.45) is 7.04. The van der Waals surface area contributed by atoms with E-state index in [4.69, 9.17) is 10.7 Å². The highest BCUT2D eigenvalue weighted by molar-refractivity contribution is 6.13. The molecule has 3 rings (SSSR count). The predicted molar refractivity (Wildman–Crippen MR) is 84.6 cm³/mol. The van der Waals surface area contributed by atoms with Crippen molar-refractivity contribution in [3.8, 4) is 0 Å². The average molecular weight is 274 g/mol. The van der Waals surface area contributed by atoms with Crippen molar-refractivity contribution in [2.45, 2.75) is 0 Å². The Bertz CT molecular complexity index is 693. The zero-order chi connectivity index (χ0) is 14.5. The molecule has 21 heavy (non-hydrogen) atoms. The number of benzene rings is 1. The number of aromatic nitrogens is 2. The summed E-state index contributed by atoms with van der Waals surface area (Å²) in [6.45, 7) is 0. The molecule has 0 radical (unpaired) electrons. The molecule has 0 aliphatic carbocycles. The molecule has 0 saturated heterocycles. The van der Waals surface area contributed by atoms with Crippen LogP contribution < -0.4 is 5.73 Å². The maximum absolute atomic E-state index is 5.71. The largest absolute Gasteiger partial charge is 0.399 e. The molecule has 2 aromatic heterocycles. The van der Waals surface area contributed by atoms with Crippen molar-refractivity contribution in [1.82, 2.24) is 9.97 Å². The zero-order valence-corrected chi connectivity index (χ0v) is 11.3. The Morgan fingerprint density at radius 2 is 1.19 bits per heavy atom. The van der Waals surface area contributed by atoms with Gasteiger partial charge >= 0.3 is 0 Å². The maximum atomic E-state index is 5.71. The van der Waals surface area contributed by atoms with Gasteiger partial charge in [-0.3, -0.25) is 9.97 Å². The molecule has 2 N–H and O–H groups in total. The van der Waals surface area contributed by atoms with Gasteiger partial charge in [-0.2, -0.15) is 0 Å². The van der Waals surface area contributed by atoms with Gasteiger partial charge in [-0.15, -0.1) is 0 Å². The van der Waals surface area contributed by atoms with Crippen molar-refractivity contribution in [1.29, 1.82) is 0 Å². The summed E-state index contributed by atoms with van der Waals surface area (Å²) in [5, 5.41) is 0. The van der Waals surface area contributed by atoms with E-state index in [-0.39, 0.29) is 0 Å². The minimum absolute atomic E-state index is 0.725. The van der Waals surface area contributed by atoms with E-state index in [1.54, 1.807) is 24.8 Å². The monoisotopic (exact) mass is 274 g/mol. The van der Waals surface area contributed by atoms with Crippen molar-refractivity contribution in [2.24, 2.45) is 4.99 Å². The Morgan fingerprint density at radius 1 is 0.714 bits per heavy atom. The van der Waals surface area contributed by atoms with Crippen molar-refractivity contribution >= 4 is 17.1 Å². The van der Waals surface area contributed by atoms with Gasteiger partial charge in [-0.1, -0.05) is 0 Å². The molecule has 0 fully saturated rings. The van der Waals surface area contributed by atoms with Crippen LogP contribution in [0.5, 0.6) is 0 Å². The Balaban J connectivity index is 2.10. The molecule has 2 heterocycles. The quantitative estimate of drug-likeness (QED) is 0.589. The van der Waals surface area contributed by atoms with Crippen LogP contribution in [0.25, 0.3) is 0 Å². The fourth-order valence-corrected chi connectivity index (χ4v) is 1.99. The van der Waals surface area contributed by atoms with Gasteiger partial charge in [0.15, 0.2) is 0 Å². The first kappa shape index (κ1) is 13.0. The summed E-state index contributed by atoms with van der Waals surface area (Å²) < 4.78 is 0. The van der Waals surface area contributed by atoms with E-state index in [1.807, 2.05) is 48.5 Å². The van der Waals surface area contributed by atoms with Crippen LogP contribution in [-0.4, -0.2) is 15.7 Å². The van der Waals surface area contributed by atoms with Crippen molar-refractivity contribution in [3.05, 3.63) is 84.4 Å². The summed E-state index contributed by atoms with van der Waals surface area (Å²) in [4.78, 5) is 12.9. The van der Waals surface area contributed by atoms with E-state index in [0.29, 0.717) is 0 Å². The van der Waals surface area contributed by atoms with E-state index in [0.717, 1.165) is 28.2 Å². The van der Waals surface area contributed by atoms with E-state index in [9.17, 15) is 0 Å². The molecule has 0 amide bonds. The van der Waals surface area contributed by atoms with Gasteiger partial charge in [0.25, 0.3) is 0 Å². The van der Waals surface area contributed by atoms with Gasteiger partial charge in [0.05, 0.1) is 11.4 Å². The number of hydrogen-bond acceptors (Lipinski definition) is 4. The minimum Gasteiger partial charge on any atom is -0.399 e. The second-order valence-electron chi connectivity index (χ2n) is 4.52. The number of pyridine rings is 2. The van der Waals surface area contributed by atoms with E-state index >= 15 is 0 Å². The smallest absolute Gasteiger partial charge is 0.0783 e. The Kier molecular flexibility index (Phi) is 3.69. The summed E-state index contributed by atoms with van der Waals surface area (Å²) in [7, 11) is 0. The molecule has 4 heteroatoms. The topological polar surface area (TPSA) is 64.2 Å². The average Bonchev–Trinajstić information content (AvgIpc) is 2.56. The molecule has 0 aliphatic rings. The first-order chi connectivity index (χ1) is 10.3. The molecule has 0 bridgehead atoms. The first-order valence-corrected chi connectivity index (χ1v) is 6.58. The number of nitrogen functional groups attached to an aromatic ring is 1. The fourth-order valence-electron chi connectivity index (χ4n) is 1.99. The predicted octanol–water partition coefficient (Wildman–Crippen LogP) is 3.23. The number of nitrogens with zero attached hydrogens (tertiary/aromatic N) is 3. The number of anilines is 1. The second kappa shape index (κ2) is 5.96. The Labute approximate surface area is 123 Å². The maximum Gasteiger partial charge on any atom is 0.0783 e. The van der Waals surface area contributed by atoms with Crippen LogP contribution in [0.1, 0.15) is 11.1 Å². The number of rotatable bonds is 3. The highest BCUT2D eigenvalue weighted by atomic mass is 14.8. The highest BCUT2D eigenvalue weighted by Crippen LogP contribution is 2.19. The van der Waals surface area contributed by atoms with Crippen molar-refractivity contribution in [3.63, 3.8) is 0 Å². The van der Waals surface area contributed by atoms with E-state index in [2.05, 4.69) is 9.97 Å². The molecule has 102 valence electrons. The van der Waals surface area contributed by atoms with Crippen molar-refractivity contribution in [2.75, 3.05) is 5.73 Å². The summed E-state index contributed by atoms with van der Waals surface area (Å²) >= 11 is 0. The van der Waals surface area contributed by atoms with Crippen LogP contribution in [0.3, 0.4) is 0 Å². The molecule has 0 unspecified atom stereocenters. The van der Waals surface area contributed by atoms with Gasteiger partial charge in [-0.25, -0.2) is 4.99 Å². The lowest BCUT2D eigenvalue weighted by Gasteiger charge is -2.07. The SMILES string of the molecule is Nc1ccc(N=C(c2ccncc2)c2ccncc2)cc1. The highest BCUT2D eigenvalue weighted by Gasteiger charge is 2.06. The standard InChI is InChI=1S/C17H14N4/c18-15-1-3-16(4-2-15)21-17(13-5-9-19-10-6-13)14-7-11-20-12-8-14/h1-12H,18H2. The lowest BCUT2D eigenvalue weighted by Crippen LogP contribution is -2.03. The van der Waals surface area contributed by atoms with Crippen LogP contribution in [0, 0.1) is 0 Å². The number of aliphatic imine (C=N–C) groups is 1. The van der Waals surface area contributed by atoms with Gasteiger partial charge < -0.3 is 5.73 Å². The summed E-state index contributed by atoms with van der Waals surface area (Å²) in [5.74, 6) is 0. The van der Waals surface area contributed by atoms with Crippen LogP contribution in [0.15, 0.2) is 78.3 Å². The van der Waals surface area contributed by atoms with Gasteiger partial charge in [-0.05, 0) is 48.5 Å². The van der Waals surface area contributed by atoms with E-state index in [1.165, 1.54) is 0 Å². The molecular weight excluding hydrogens is 260 g/mol. The van der Waals surface area contributed by atoms with Crippen molar-refractivity contribution < 1.29 is 0 Å². The number of hydrogen-bond donors (Lipinski definition) is 1. The molecule has 3 aromatic rings. The Morgan fingerprint density at radius 3 is 1.67 bits per heavy atom. The molecule has 0 aliphatic heterocycles. The second-order valence-corrected chi connectivity index (χ2v) is 4.52. The third-order valence-corrected chi connectivity index (χ3v) is 3.04. The number of nitrogens with two attached hydrogens (primary N) is 1. The van der Waals surface area contributed by atoms with Crippen LogP contribution >= 0.6 is 0 Å². The van der Waals surface area contributed by atoms with Crippen LogP contribution in [0.2, 0.25) is 0 Å². The molecular formula is C17H14N4. The normalized spacial score (nSPS) is 10.1. The van der Waals surface area contributed by atoms with Crippen LogP contribution in [0.4, 0.5) is 11.4 Å². The lowest BCUT2D eigenvalue weighted by molar-refractivity contribution is 1.30. The molecule has 0 spiro atoms. The molecule has 0 saturated carbocycles. The van der Waals surface area contributed by atoms with Crippen LogP contribution in [-0.2, 0) is 0 Å². The summed E-state index contributed by atoms with van der Waals surface area (Å²) in [5.41, 5.74) is 10.2. The molecule has 1 aromatic carbocycles. The van der Waals surface area contributed by atoms with Gasteiger partial charge in [0, 0.05) is 41.6 Å². The minimum atomic E-state index is 0.725. The third kappa shape index (κ3) is 3.12. The third-order valence-electron chi connectivity index (χ3n) is 3.04. The van der Waals surface area contributed by atoms with Gasteiger partial charge in [0.1, 0.15) is 0 Å². The lowest BCUT2D eigenvalue weighted by atomic mass is 10.0. The first-order valence-electron chi connectivity index (χ1n) is 6.58.